The Morgan fingerprint density at radius 1 is 0.879 bits per heavy atom. The fourth-order valence-corrected chi connectivity index (χ4v) is 4.23. The Labute approximate surface area is 192 Å². The minimum absolute atomic E-state index is 0.0902. The molecule has 6 nitrogen and oxygen atoms in total. The minimum atomic E-state index is -0.0902. The number of aryl methyl sites for hydroxylation is 5. The smallest absolute Gasteiger partial charge is 0.252 e. The highest BCUT2D eigenvalue weighted by Gasteiger charge is 2.20. The molecule has 0 radical (unpaired) electrons. The molecule has 0 unspecified atom stereocenters. The van der Waals surface area contributed by atoms with E-state index in [-0.39, 0.29) is 5.56 Å². The fraction of sp³-hybridized carbons (Fsp3) is 0.222. The number of oxazole rings is 1. The van der Waals surface area contributed by atoms with Crippen molar-refractivity contribution in [2.24, 2.45) is 0 Å². The molecule has 2 aromatic carbocycles. The van der Waals surface area contributed by atoms with Crippen molar-refractivity contribution in [1.29, 1.82) is 0 Å². The Morgan fingerprint density at radius 3 is 2.18 bits per heavy atom. The zero-order valence-electron chi connectivity index (χ0n) is 19.5. The van der Waals surface area contributed by atoms with Crippen LogP contribution in [-0.2, 0) is 6.54 Å². The largest absolute Gasteiger partial charge is 0.441 e. The van der Waals surface area contributed by atoms with Crippen molar-refractivity contribution in [1.82, 2.24) is 19.3 Å². The first kappa shape index (κ1) is 20.9. The zero-order valence-corrected chi connectivity index (χ0v) is 19.5. The second-order valence-electron chi connectivity index (χ2n) is 8.67. The van der Waals surface area contributed by atoms with E-state index >= 15 is 0 Å². The predicted octanol–water partition coefficient (Wildman–Crippen LogP) is 5.43. The van der Waals surface area contributed by atoms with Crippen LogP contribution in [0.5, 0.6) is 0 Å². The molecule has 0 saturated heterocycles. The maximum absolute atomic E-state index is 13.2. The molecular formula is C27H26N4O2. The number of hydrogen-bond donors (Lipinski definition) is 0. The van der Waals surface area contributed by atoms with Gasteiger partial charge in [-0.1, -0.05) is 35.4 Å². The van der Waals surface area contributed by atoms with Crippen LogP contribution in [0.15, 0.2) is 63.8 Å². The van der Waals surface area contributed by atoms with Crippen LogP contribution in [0.3, 0.4) is 0 Å². The summed E-state index contributed by atoms with van der Waals surface area (Å²) >= 11 is 0. The predicted molar refractivity (Wildman–Crippen MR) is 130 cm³/mol. The van der Waals surface area contributed by atoms with E-state index in [1.807, 2.05) is 80.9 Å². The van der Waals surface area contributed by atoms with Crippen molar-refractivity contribution >= 4 is 11.0 Å². The van der Waals surface area contributed by atoms with Gasteiger partial charge in [0.15, 0.2) is 0 Å². The van der Waals surface area contributed by atoms with Gasteiger partial charge in [0.25, 0.3) is 5.56 Å². The monoisotopic (exact) mass is 438 g/mol. The van der Waals surface area contributed by atoms with E-state index in [4.69, 9.17) is 14.5 Å². The normalized spacial score (nSPS) is 11.4. The molecule has 33 heavy (non-hydrogen) atoms. The molecule has 6 heteroatoms. The lowest BCUT2D eigenvalue weighted by Gasteiger charge is -2.12. The van der Waals surface area contributed by atoms with Crippen LogP contribution >= 0.6 is 0 Å². The van der Waals surface area contributed by atoms with Crippen molar-refractivity contribution in [3.8, 4) is 17.1 Å². The number of benzene rings is 2. The molecule has 0 aliphatic carbocycles. The highest BCUT2D eigenvalue weighted by Crippen LogP contribution is 2.26. The fourth-order valence-electron chi connectivity index (χ4n) is 4.23. The Balaban J connectivity index is 1.67. The average molecular weight is 439 g/mol. The van der Waals surface area contributed by atoms with Gasteiger partial charge in [-0.3, -0.25) is 9.36 Å². The van der Waals surface area contributed by atoms with E-state index in [0.29, 0.717) is 18.2 Å². The zero-order chi connectivity index (χ0) is 23.3. The van der Waals surface area contributed by atoms with Gasteiger partial charge in [0.2, 0.25) is 5.89 Å². The van der Waals surface area contributed by atoms with E-state index < -0.39 is 0 Å². The Morgan fingerprint density at radius 2 is 1.52 bits per heavy atom. The van der Waals surface area contributed by atoms with Crippen LogP contribution in [0.1, 0.15) is 33.8 Å². The first-order valence-electron chi connectivity index (χ1n) is 11.0. The van der Waals surface area contributed by atoms with Gasteiger partial charge in [-0.15, -0.1) is 0 Å². The van der Waals surface area contributed by atoms with Crippen LogP contribution in [-0.4, -0.2) is 19.3 Å². The molecule has 5 rings (SSSR count). The lowest BCUT2D eigenvalue weighted by Crippen LogP contribution is -2.23. The van der Waals surface area contributed by atoms with Gasteiger partial charge in [0.05, 0.1) is 17.9 Å². The number of rotatable bonds is 4. The van der Waals surface area contributed by atoms with Crippen LogP contribution in [0, 0.1) is 34.6 Å². The van der Waals surface area contributed by atoms with E-state index in [9.17, 15) is 4.79 Å². The molecule has 0 fully saturated rings. The van der Waals surface area contributed by atoms with Crippen LogP contribution in [0.2, 0.25) is 0 Å². The number of pyridine rings is 1. The summed E-state index contributed by atoms with van der Waals surface area (Å²) in [5.41, 5.74) is 7.37. The van der Waals surface area contributed by atoms with Gasteiger partial charge >= 0.3 is 0 Å². The molecule has 0 N–H and O–H groups in total. The van der Waals surface area contributed by atoms with Crippen molar-refractivity contribution in [3.63, 3.8) is 0 Å². The lowest BCUT2D eigenvalue weighted by molar-refractivity contribution is 0.537. The molecule has 0 amide bonds. The summed E-state index contributed by atoms with van der Waals surface area (Å²) in [5, 5.41) is 5.77. The molecule has 166 valence electrons. The third-order valence-electron chi connectivity index (χ3n) is 6.07. The van der Waals surface area contributed by atoms with Crippen LogP contribution in [0.4, 0.5) is 0 Å². The summed E-state index contributed by atoms with van der Waals surface area (Å²) < 4.78 is 9.57. The summed E-state index contributed by atoms with van der Waals surface area (Å²) in [6.07, 6.45) is 0. The number of hydrogen-bond acceptors (Lipinski definition) is 4. The topological polar surface area (TPSA) is 65.8 Å². The van der Waals surface area contributed by atoms with Gasteiger partial charge in [-0.2, -0.15) is 5.10 Å². The molecule has 0 saturated carbocycles. The molecule has 0 bridgehead atoms. The number of fused-ring (bicyclic) bond motifs is 1. The van der Waals surface area contributed by atoms with E-state index in [1.54, 1.807) is 10.6 Å². The second kappa shape index (κ2) is 7.89. The van der Waals surface area contributed by atoms with E-state index in [0.717, 1.165) is 39.2 Å². The minimum Gasteiger partial charge on any atom is -0.441 e. The van der Waals surface area contributed by atoms with Crippen LogP contribution < -0.4 is 5.56 Å². The molecule has 0 spiro atoms. The summed E-state index contributed by atoms with van der Waals surface area (Å²) in [6, 6.07) is 17.9. The third-order valence-corrected chi connectivity index (χ3v) is 6.07. The van der Waals surface area contributed by atoms with E-state index in [1.165, 1.54) is 11.1 Å². The average Bonchev–Trinajstić information content (AvgIpc) is 3.32. The summed E-state index contributed by atoms with van der Waals surface area (Å²) in [7, 11) is 0. The highest BCUT2D eigenvalue weighted by atomic mass is 16.4. The molecule has 3 aromatic heterocycles. The summed E-state index contributed by atoms with van der Waals surface area (Å²) in [4.78, 5) is 17.9. The Hall–Kier alpha value is -3.93. The summed E-state index contributed by atoms with van der Waals surface area (Å²) in [6.45, 7) is 10.2. The van der Waals surface area contributed by atoms with Gasteiger partial charge in [-0.05, 0) is 64.4 Å². The number of aromatic nitrogens is 4. The molecule has 3 heterocycles. The Kier molecular flexibility index (Phi) is 5.01. The van der Waals surface area contributed by atoms with Gasteiger partial charge in [0.1, 0.15) is 17.1 Å². The summed E-state index contributed by atoms with van der Waals surface area (Å²) in [5.74, 6) is 1.26. The highest BCUT2D eigenvalue weighted by molar-refractivity contribution is 5.83. The second-order valence-corrected chi connectivity index (χ2v) is 8.67. The quantitative estimate of drug-likeness (QED) is 0.375. The molecule has 5 aromatic rings. The maximum Gasteiger partial charge on any atom is 0.252 e. The Bertz CT molecular complexity index is 1530. The molecule has 0 aliphatic rings. The molecular weight excluding hydrogens is 412 g/mol. The first-order chi connectivity index (χ1) is 15.8. The molecule has 0 atom stereocenters. The van der Waals surface area contributed by atoms with Crippen molar-refractivity contribution in [3.05, 3.63) is 98.8 Å². The van der Waals surface area contributed by atoms with Crippen LogP contribution in [0.25, 0.3) is 28.2 Å². The SMILES string of the molecule is Cc1ccc(-c2nc(Cn3c(=O)cc(C)c4c(C)nn(-c5ccc(C)cc5)c43)c(C)o2)cc1. The van der Waals surface area contributed by atoms with Gasteiger partial charge in [-0.25, -0.2) is 9.67 Å². The van der Waals surface area contributed by atoms with Gasteiger partial charge < -0.3 is 4.42 Å². The molecule has 0 aliphatic heterocycles. The lowest BCUT2D eigenvalue weighted by atomic mass is 10.1. The number of nitrogens with zero attached hydrogens (tertiary/aromatic N) is 4. The van der Waals surface area contributed by atoms with Crippen molar-refractivity contribution in [2.45, 2.75) is 41.2 Å². The maximum atomic E-state index is 13.2. The standard InChI is InChI=1S/C27H26N4O2/c1-16-6-10-21(11-7-16)26-28-23(20(5)33-26)15-30-24(32)14-18(3)25-19(4)29-31(27(25)30)22-12-8-17(2)9-13-22/h6-14H,15H2,1-5H3. The van der Waals surface area contributed by atoms with Crippen molar-refractivity contribution in [2.75, 3.05) is 0 Å². The van der Waals surface area contributed by atoms with Gasteiger partial charge in [0, 0.05) is 17.0 Å². The van der Waals surface area contributed by atoms with Crippen molar-refractivity contribution < 1.29 is 4.42 Å². The van der Waals surface area contributed by atoms with E-state index in [2.05, 4.69) is 6.92 Å². The first-order valence-corrected chi connectivity index (χ1v) is 11.0. The third kappa shape index (κ3) is 3.67.